The lowest BCUT2D eigenvalue weighted by Crippen LogP contribution is -1.99. The van der Waals surface area contributed by atoms with E-state index in [0.717, 1.165) is 6.42 Å². The van der Waals surface area contributed by atoms with Crippen LogP contribution < -0.4 is 0 Å². The fourth-order valence-electron chi connectivity index (χ4n) is 0.129. The SMILES string of the molecule is CC[C@H](I)CO. The minimum absolute atomic E-state index is 0.317. The molecule has 2 heteroatoms. The molecule has 1 N–H and O–H groups in total. The molecule has 0 aliphatic rings. The van der Waals surface area contributed by atoms with Gasteiger partial charge in [0.25, 0.3) is 0 Å². The van der Waals surface area contributed by atoms with E-state index in [1.807, 2.05) is 0 Å². The zero-order valence-corrected chi connectivity index (χ0v) is 5.97. The van der Waals surface area contributed by atoms with E-state index in [4.69, 9.17) is 5.11 Å². The molecule has 0 fully saturated rings. The van der Waals surface area contributed by atoms with Crippen molar-refractivity contribution in [3.05, 3.63) is 0 Å². The van der Waals surface area contributed by atoms with Crippen LogP contribution in [0.2, 0.25) is 0 Å². The lowest BCUT2D eigenvalue weighted by atomic mass is 10.4. The zero-order valence-electron chi connectivity index (χ0n) is 3.82. The molecule has 0 aromatic rings. The molecule has 0 radical (unpaired) electrons. The second-order valence-corrected chi connectivity index (χ2v) is 2.95. The van der Waals surface area contributed by atoms with Crippen LogP contribution in [0.4, 0.5) is 0 Å². The van der Waals surface area contributed by atoms with Gasteiger partial charge in [-0.1, -0.05) is 29.5 Å². The first kappa shape index (κ1) is 6.69. The molecule has 38 valence electrons. The summed E-state index contributed by atoms with van der Waals surface area (Å²) in [5, 5.41) is 8.33. The maximum atomic E-state index is 8.33. The van der Waals surface area contributed by atoms with Crippen molar-refractivity contribution in [3.8, 4) is 0 Å². The molecule has 0 rings (SSSR count). The largest absolute Gasteiger partial charge is 0.395 e. The quantitative estimate of drug-likeness (QED) is 0.524. The number of hydrogen-bond acceptors (Lipinski definition) is 1. The van der Waals surface area contributed by atoms with Crippen molar-refractivity contribution in [1.29, 1.82) is 0 Å². The average molecular weight is 200 g/mol. The van der Waals surface area contributed by atoms with Crippen molar-refractivity contribution >= 4 is 22.6 Å². The van der Waals surface area contributed by atoms with Crippen LogP contribution in [0.25, 0.3) is 0 Å². The average Bonchev–Trinajstić information content (AvgIpc) is 1.65. The normalized spacial score (nSPS) is 14.5. The fraction of sp³-hybridized carbons (Fsp3) is 1.00. The molecule has 0 aliphatic heterocycles. The van der Waals surface area contributed by atoms with Gasteiger partial charge in [0.15, 0.2) is 0 Å². The highest BCUT2D eigenvalue weighted by Gasteiger charge is 1.92. The Morgan fingerprint density at radius 2 is 2.33 bits per heavy atom. The Bertz CT molecular complexity index is 26.7. The lowest BCUT2D eigenvalue weighted by molar-refractivity contribution is 0.297. The van der Waals surface area contributed by atoms with Crippen LogP contribution in [0.15, 0.2) is 0 Å². The maximum absolute atomic E-state index is 8.33. The predicted octanol–water partition coefficient (Wildman–Crippen LogP) is 1.19. The highest BCUT2D eigenvalue weighted by atomic mass is 127. The Labute approximate surface area is 51.9 Å². The predicted molar refractivity (Wildman–Crippen MR) is 35.2 cm³/mol. The highest BCUT2D eigenvalue weighted by Crippen LogP contribution is 2.01. The molecule has 0 spiro atoms. The third-order valence-corrected chi connectivity index (χ3v) is 1.92. The topological polar surface area (TPSA) is 20.2 Å². The summed E-state index contributed by atoms with van der Waals surface area (Å²) in [6, 6.07) is 0. The standard InChI is InChI=1S/C4H9IO/c1-2-4(5)3-6/h4,6H,2-3H2,1H3/t4-/m0/s1. The van der Waals surface area contributed by atoms with E-state index in [0.29, 0.717) is 10.5 Å². The van der Waals surface area contributed by atoms with Gasteiger partial charge in [-0.05, 0) is 6.42 Å². The number of hydrogen-bond donors (Lipinski definition) is 1. The number of alkyl halides is 1. The van der Waals surface area contributed by atoms with Crippen LogP contribution in [0, 0.1) is 0 Å². The summed E-state index contributed by atoms with van der Waals surface area (Å²) in [5.41, 5.74) is 0. The lowest BCUT2D eigenvalue weighted by Gasteiger charge is -1.95. The summed E-state index contributed by atoms with van der Waals surface area (Å²) in [7, 11) is 0. The van der Waals surface area contributed by atoms with Crippen molar-refractivity contribution in [1.82, 2.24) is 0 Å². The van der Waals surface area contributed by atoms with Crippen LogP contribution in [0.1, 0.15) is 13.3 Å². The Morgan fingerprint density at radius 3 is 2.33 bits per heavy atom. The molecule has 0 heterocycles. The van der Waals surface area contributed by atoms with E-state index in [1.54, 1.807) is 0 Å². The van der Waals surface area contributed by atoms with Crippen LogP contribution in [0.5, 0.6) is 0 Å². The molecule has 1 atom stereocenters. The van der Waals surface area contributed by atoms with Crippen molar-refractivity contribution in [2.45, 2.75) is 17.3 Å². The molecule has 0 unspecified atom stereocenters. The van der Waals surface area contributed by atoms with E-state index < -0.39 is 0 Å². The number of aliphatic hydroxyl groups is 1. The van der Waals surface area contributed by atoms with Crippen LogP contribution in [-0.2, 0) is 0 Å². The molecule has 0 bridgehead atoms. The van der Waals surface area contributed by atoms with Crippen molar-refractivity contribution in [2.75, 3.05) is 6.61 Å². The van der Waals surface area contributed by atoms with Crippen molar-refractivity contribution in [2.24, 2.45) is 0 Å². The third-order valence-electron chi connectivity index (χ3n) is 0.641. The zero-order chi connectivity index (χ0) is 4.99. The van der Waals surface area contributed by atoms with Crippen LogP contribution >= 0.6 is 22.6 Å². The first-order chi connectivity index (χ1) is 2.81. The van der Waals surface area contributed by atoms with Crippen molar-refractivity contribution < 1.29 is 5.11 Å². The highest BCUT2D eigenvalue weighted by molar-refractivity contribution is 14.1. The van der Waals surface area contributed by atoms with Gasteiger partial charge in [-0.15, -0.1) is 0 Å². The van der Waals surface area contributed by atoms with Crippen LogP contribution in [0.3, 0.4) is 0 Å². The molecule has 0 amide bonds. The summed E-state index contributed by atoms with van der Waals surface area (Å²) in [6.07, 6.45) is 1.07. The molecule has 0 aromatic carbocycles. The van der Waals surface area contributed by atoms with Gasteiger partial charge >= 0.3 is 0 Å². The minimum atomic E-state index is 0.317. The molecule has 6 heavy (non-hydrogen) atoms. The second-order valence-electron chi connectivity index (χ2n) is 1.19. The maximum Gasteiger partial charge on any atom is 0.0548 e. The molecular weight excluding hydrogens is 191 g/mol. The fourth-order valence-corrected chi connectivity index (χ4v) is 0.129. The summed E-state index contributed by atoms with van der Waals surface area (Å²) in [4.78, 5) is 0. The Morgan fingerprint density at radius 1 is 1.83 bits per heavy atom. The monoisotopic (exact) mass is 200 g/mol. The molecule has 0 aliphatic carbocycles. The van der Waals surface area contributed by atoms with E-state index in [-0.39, 0.29) is 0 Å². The molecule has 0 saturated heterocycles. The van der Waals surface area contributed by atoms with Crippen molar-refractivity contribution in [3.63, 3.8) is 0 Å². The van der Waals surface area contributed by atoms with Crippen LogP contribution in [-0.4, -0.2) is 15.6 Å². The smallest absolute Gasteiger partial charge is 0.0548 e. The summed E-state index contributed by atoms with van der Waals surface area (Å²) >= 11 is 2.22. The Balaban J connectivity index is 2.75. The number of aliphatic hydroxyl groups excluding tert-OH is 1. The van der Waals surface area contributed by atoms with Gasteiger partial charge in [0.2, 0.25) is 0 Å². The third kappa shape index (κ3) is 2.90. The first-order valence-corrected chi connectivity index (χ1v) is 3.30. The summed E-state index contributed by atoms with van der Waals surface area (Å²) in [6.45, 7) is 2.38. The molecule has 0 aromatic heterocycles. The second kappa shape index (κ2) is 3.87. The Kier molecular flexibility index (Phi) is 4.31. The minimum Gasteiger partial charge on any atom is -0.395 e. The van der Waals surface area contributed by atoms with Gasteiger partial charge in [0.1, 0.15) is 0 Å². The number of rotatable bonds is 2. The molecule has 0 saturated carbocycles. The molecule has 1 nitrogen and oxygen atoms in total. The summed E-state index contributed by atoms with van der Waals surface area (Å²) < 4.78 is 0.461. The van der Waals surface area contributed by atoms with Gasteiger partial charge in [-0.2, -0.15) is 0 Å². The van der Waals surface area contributed by atoms with Gasteiger partial charge in [-0.3, -0.25) is 0 Å². The van der Waals surface area contributed by atoms with E-state index in [2.05, 4.69) is 29.5 Å². The van der Waals surface area contributed by atoms with E-state index in [1.165, 1.54) is 0 Å². The van der Waals surface area contributed by atoms with Gasteiger partial charge in [0, 0.05) is 3.92 Å². The van der Waals surface area contributed by atoms with E-state index in [9.17, 15) is 0 Å². The van der Waals surface area contributed by atoms with E-state index >= 15 is 0 Å². The van der Waals surface area contributed by atoms with Gasteiger partial charge in [0.05, 0.1) is 6.61 Å². The summed E-state index contributed by atoms with van der Waals surface area (Å²) in [5.74, 6) is 0. The van der Waals surface area contributed by atoms with Gasteiger partial charge in [-0.25, -0.2) is 0 Å². The Hall–Kier alpha value is 0.690. The number of halogens is 1. The molecular formula is C4H9IO. The first-order valence-electron chi connectivity index (χ1n) is 2.06. The van der Waals surface area contributed by atoms with Gasteiger partial charge < -0.3 is 5.11 Å².